The van der Waals surface area contributed by atoms with E-state index in [9.17, 15) is 4.39 Å². The molecule has 1 aliphatic rings. The van der Waals surface area contributed by atoms with Crippen LogP contribution in [0.25, 0.3) is 0 Å². The monoisotopic (exact) mass is 242 g/mol. The van der Waals surface area contributed by atoms with Crippen molar-refractivity contribution in [1.29, 1.82) is 0 Å². The van der Waals surface area contributed by atoms with Crippen molar-refractivity contribution in [3.63, 3.8) is 0 Å². The molecule has 1 aromatic carbocycles. The van der Waals surface area contributed by atoms with E-state index in [-0.39, 0.29) is 10.8 Å². The van der Waals surface area contributed by atoms with Crippen molar-refractivity contribution in [1.82, 2.24) is 10.6 Å². The van der Waals surface area contributed by atoms with Crippen LogP contribution in [0.5, 0.6) is 0 Å². The number of nitrogens with one attached hydrogen (secondary N) is 2. The van der Waals surface area contributed by atoms with E-state index < -0.39 is 0 Å². The Bertz CT molecular complexity index is 353. The number of halogens is 2. The van der Waals surface area contributed by atoms with Gasteiger partial charge in [-0.3, -0.25) is 0 Å². The Hall–Kier alpha value is -0.640. The summed E-state index contributed by atoms with van der Waals surface area (Å²) in [7, 11) is 0. The second kappa shape index (κ2) is 5.62. The maximum absolute atomic E-state index is 13.1. The summed E-state index contributed by atoms with van der Waals surface area (Å²) < 4.78 is 13.1. The van der Waals surface area contributed by atoms with E-state index in [0.29, 0.717) is 6.54 Å². The van der Waals surface area contributed by atoms with Crippen LogP contribution in [0, 0.1) is 5.82 Å². The first-order valence-corrected chi connectivity index (χ1v) is 6.02. The molecule has 0 unspecified atom stereocenters. The fourth-order valence-corrected chi connectivity index (χ4v) is 1.75. The van der Waals surface area contributed by atoms with E-state index in [4.69, 9.17) is 11.6 Å². The van der Waals surface area contributed by atoms with E-state index in [2.05, 4.69) is 10.6 Å². The predicted molar refractivity (Wildman–Crippen MR) is 64.1 cm³/mol. The Morgan fingerprint density at radius 1 is 1.31 bits per heavy atom. The Kier molecular flexibility index (Phi) is 4.16. The zero-order valence-corrected chi connectivity index (χ0v) is 9.86. The first kappa shape index (κ1) is 11.8. The molecule has 1 fully saturated rings. The largest absolute Gasteiger partial charge is 0.313 e. The van der Waals surface area contributed by atoms with Crippen LogP contribution in [-0.2, 0) is 6.54 Å². The van der Waals surface area contributed by atoms with Gasteiger partial charge in [0.1, 0.15) is 5.82 Å². The molecule has 0 spiro atoms. The summed E-state index contributed by atoms with van der Waals surface area (Å²) in [4.78, 5) is 0. The van der Waals surface area contributed by atoms with Crippen LogP contribution in [-0.4, -0.2) is 19.1 Å². The first-order valence-electron chi connectivity index (χ1n) is 5.64. The van der Waals surface area contributed by atoms with Gasteiger partial charge in [0, 0.05) is 25.7 Å². The number of hydrogen-bond donors (Lipinski definition) is 2. The van der Waals surface area contributed by atoms with Gasteiger partial charge < -0.3 is 10.6 Å². The average molecular weight is 243 g/mol. The lowest BCUT2D eigenvalue weighted by Gasteiger charge is -2.07. The Morgan fingerprint density at radius 3 is 2.88 bits per heavy atom. The third-order valence-electron chi connectivity index (χ3n) is 2.66. The van der Waals surface area contributed by atoms with E-state index in [1.807, 2.05) is 6.07 Å². The lowest BCUT2D eigenvalue weighted by molar-refractivity contribution is 0.601. The highest BCUT2D eigenvalue weighted by atomic mass is 35.5. The maximum atomic E-state index is 13.1. The summed E-state index contributed by atoms with van der Waals surface area (Å²) in [6.07, 6.45) is 2.60. The highest BCUT2D eigenvalue weighted by Crippen LogP contribution is 2.19. The summed E-state index contributed by atoms with van der Waals surface area (Å²) in [5, 5.41) is 6.87. The second-order valence-electron chi connectivity index (χ2n) is 4.12. The molecule has 0 bridgehead atoms. The molecule has 16 heavy (non-hydrogen) atoms. The zero-order chi connectivity index (χ0) is 11.4. The van der Waals surface area contributed by atoms with Gasteiger partial charge in [-0.25, -0.2) is 4.39 Å². The predicted octanol–water partition coefficient (Wildman–Crippen LogP) is 2.32. The van der Waals surface area contributed by atoms with Crippen LogP contribution in [0.2, 0.25) is 5.02 Å². The molecule has 1 aromatic rings. The minimum absolute atomic E-state index is 0.227. The van der Waals surface area contributed by atoms with Gasteiger partial charge in [0.15, 0.2) is 0 Å². The van der Waals surface area contributed by atoms with Gasteiger partial charge in [-0.15, -0.1) is 0 Å². The van der Waals surface area contributed by atoms with Crippen molar-refractivity contribution >= 4 is 11.6 Å². The molecule has 2 rings (SSSR count). The van der Waals surface area contributed by atoms with E-state index in [0.717, 1.165) is 24.7 Å². The average Bonchev–Trinajstić information content (AvgIpc) is 3.07. The Labute approximate surface area is 100 Å². The molecule has 2 N–H and O–H groups in total. The normalized spacial score (nSPS) is 15.4. The van der Waals surface area contributed by atoms with E-state index in [1.54, 1.807) is 6.07 Å². The van der Waals surface area contributed by atoms with Crippen molar-refractivity contribution in [3.05, 3.63) is 34.6 Å². The molecule has 0 aliphatic heterocycles. The number of benzene rings is 1. The molecule has 1 aliphatic carbocycles. The summed E-state index contributed by atoms with van der Waals surface area (Å²) in [5.74, 6) is -0.350. The Morgan fingerprint density at radius 2 is 2.12 bits per heavy atom. The van der Waals surface area contributed by atoms with Gasteiger partial charge >= 0.3 is 0 Å². The minimum Gasteiger partial charge on any atom is -0.313 e. The van der Waals surface area contributed by atoms with Crippen molar-refractivity contribution < 1.29 is 4.39 Å². The smallest absolute Gasteiger partial charge is 0.142 e. The fraction of sp³-hybridized carbons (Fsp3) is 0.500. The number of rotatable bonds is 6. The van der Waals surface area contributed by atoms with Crippen molar-refractivity contribution in [3.8, 4) is 0 Å². The zero-order valence-electron chi connectivity index (χ0n) is 9.10. The van der Waals surface area contributed by atoms with Crippen LogP contribution < -0.4 is 10.6 Å². The van der Waals surface area contributed by atoms with Crippen molar-refractivity contribution in [2.24, 2.45) is 0 Å². The topological polar surface area (TPSA) is 24.1 Å². The van der Waals surface area contributed by atoms with E-state index in [1.165, 1.54) is 18.9 Å². The number of hydrogen-bond acceptors (Lipinski definition) is 2. The van der Waals surface area contributed by atoms with Gasteiger partial charge in [-0.05, 0) is 24.5 Å². The lowest BCUT2D eigenvalue weighted by Crippen LogP contribution is -2.28. The third-order valence-corrected chi connectivity index (χ3v) is 3.08. The summed E-state index contributed by atoms with van der Waals surface area (Å²) >= 11 is 5.84. The van der Waals surface area contributed by atoms with Crippen molar-refractivity contribution in [2.45, 2.75) is 25.4 Å². The molecule has 0 radical (unpaired) electrons. The molecule has 0 saturated heterocycles. The SMILES string of the molecule is Fc1cccc(CNCCNC2CC2)c1Cl. The highest BCUT2D eigenvalue weighted by Gasteiger charge is 2.19. The summed E-state index contributed by atoms with van der Waals surface area (Å²) in [5.41, 5.74) is 0.813. The van der Waals surface area contributed by atoms with Crippen LogP contribution in [0.4, 0.5) is 4.39 Å². The van der Waals surface area contributed by atoms with Gasteiger partial charge in [-0.2, -0.15) is 0 Å². The molecule has 4 heteroatoms. The third kappa shape index (κ3) is 3.44. The molecule has 2 nitrogen and oxygen atoms in total. The van der Waals surface area contributed by atoms with Crippen LogP contribution in [0.3, 0.4) is 0 Å². The fourth-order valence-electron chi connectivity index (χ4n) is 1.56. The highest BCUT2D eigenvalue weighted by molar-refractivity contribution is 6.31. The van der Waals surface area contributed by atoms with Crippen LogP contribution in [0.15, 0.2) is 18.2 Å². The molecular formula is C12H16ClFN2. The van der Waals surface area contributed by atoms with Gasteiger partial charge in [0.05, 0.1) is 5.02 Å². The first-order chi connectivity index (χ1) is 7.77. The molecule has 1 saturated carbocycles. The molecule has 0 heterocycles. The minimum atomic E-state index is -0.350. The van der Waals surface area contributed by atoms with E-state index >= 15 is 0 Å². The standard InChI is InChI=1S/C12H16ClFN2/c13-12-9(2-1-3-11(12)14)8-15-6-7-16-10-4-5-10/h1-3,10,15-16H,4-8H2. The van der Waals surface area contributed by atoms with Gasteiger partial charge in [-0.1, -0.05) is 23.7 Å². The van der Waals surface area contributed by atoms with Gasteiger partial charge in [0.2, 0.25) is 0 Å². The second-order valence-corrected chi connectivity index (χ2v) is 4.50. The quantitative estimate of drug-likeness (QED) is 0.749. The van der Waals surface area contributed by atoms with Gasteiger partial charge in [0.25, 0.3) is 0 Å². The maximum Gasteiger partial charge on any atom is 0.142 e. The molecule has 88 valence electrons. The molecule has 0 atom stereocenters. The van der Waals surface area contributed by atoms with Crippen molar-refractivity contribution in [2.75, 3.05) is 13.1 Å². The molecule has 0 amide bonds. The summed E-state index contributed by atoms with van der Waals surface area (Å²) in [6, 6.07) is 5.63. The van der Waals surface area contributed by atoms with Crippen LogP contribution >= 0.6 is 11.6 Å². The molecular weight excluding hydrogens is 227 g/mol. The van der Waals surface area contributed by atoms with Crippen LogP contribution in [0.1, 0.15) is 18.4 Å². The molecule has 0 aromatic heterocycles. The lowest BCUT2D eigenvalue weighted by atomic mass is 10.2. The Balaban J connectivity index is 1.69. The summed E-state index contributed by atoms with van der Waals surface area (Å²) in [6.45, 7) is 2.45.